The molecule has 1 aromatic carbocycles. The second-order valence-corrected chi connectivity index (χ2v) is 6.00. The molecule has 24 heavy (non-hydrogen) atoms. The van der Waals surface area contributed by atoms with Crippen LogP contribution in [0.1, 0.15) is 33.3 Å². The summed E-state index contributed by atoms with van der Waals surface area (Å²) in [4.78, 5) is 19.3. The molecule has 0 N–H and O–H groups in total. The lowest BCUT2D eigenvalue weighted by atomic mass is 10.2. The molecule has 6 heteroatoms. The van der Waals surface area contributed by atoms with Gasteiger partial charge in [0.05, 0.1) is 18.1 Å². The lowest BCUT2D eigenvalue weighted by Crippen LogP contribution is -2.28. The zero-order chi connectivity index (χ0) is 17.5. The molecular formula is C18H24N2O3S. The van der Waals surface area contributed by atoms with Crippen molar-refractivity contribution >= 4 is 28.9 Å². The summed E-state index contributed by atoms with van der Waals surface area (Å²) in [6.07, 6.45) is 1.88. The van der Waals surface area contributed by atoms with Gasteiger partial charge in [0.15, 0.2) is 16.7 Å². The summed E-state index contributed by atoms with van der Waals surface area (Å²) >= 11 is 1.42. The molecule has 1 aliphatic rings. The number of amidine groups is 1. The lowest BCUT2D eigenvalue weighted by molar-refractivity contribution is -0.122. The molecular weight excluding hydrogens is 324 g/mol. The molecule has 1 saturated heterocycles. The molecule has 0 spiro atoms. The van der Waals surface area contributed by atoms with Gasteiger partial charge in [-0.25, -0.2) is 0 Å². The van der Waals surface area contributed by atoms with E-state index in [4.69, 9.17) is 9.47 Å². The fourth-order valence-corrected chi connectivity index (χ4v) is 3.45. The number of likely N-dealkylation sites (N-methyl/N-ethyl adjacent to an activating group) is 1. The number of rotatable bonds is 7. The Kier molecular flexibility index (Phi) is 6.73. The van der Waals surface area contributed by atoms with E-state index in [9.17, 15) is 4.79 Å². The van der Waals surface area contributed by atoms with E-state index in [0.717, 1.165) is 16.5 Å². The highest BCUT2D eigenvalue weighted by molar-refractivity contribution is 8.18. The van der Waals surface area contributed by atoms with Gasteiger partial charge in [-0.3, -0.25) is 14.7 Å². The molecule has 0 radical (unpaired) electrons. The summed E-state index contributed by atoms with van der Waals surface area (Å²) in [7, 11) is 0. The number of carbonyl (C=O) groups excluding carboxylic acids is 1. The van der Waals surface area contributed by atoms with Crippen molar-refractivity contribution in [1.82, 2.24) is 4.90 Å². The highest BCUT2D eigenvalue weighted by Crippen LogP contribution is 2.34. The zero-order valence-corrected chi connectivity index (χ0v) is 15.5. The van der Waals surface area contributed by atoms with Gasteiger partial charge in [0, 0.05) is 13.1 Å². The van der Waals surface area contributed by atoms with Crippen LogP contribution in [0.4, 0.5) is 0 Å². The van der Waals surface area contributed by atoms with Gasteiger partial charge in [-0.1, -0.05) is 6.07 Å². The van der Waals surface area contributed by atoms with Crippen LogP contribution in [0.5, 0.6) is 11.5 Å². The Morgan fingerprint density at radius 2 is 1.83 bits per heavy atom. The largest absolute Gasteiger partial charge is 0.490 e. The van der Waals surface area contributed by atoms with Gasteiger partial charge in [-0.15, -0.1) is 0 Å². The van der Waals surface area contributed by atoms with E-state index < -0.39 is 0 Å². The van der Waals surface area contributed by atoms with Crippen LogP contribution in [0.2, 0.25) is 0 Å². The second kappa shape index (κ2) is 8.78. The Morgan fingerprint density at radius 1 is 1.12 bits per heavy atom. The van der Waals surface area contributed by atoms with Crippen molar-refractivity contribution in [1.29, 1.82) is 0 Å². The van der Waals surface area contributed by atoms with Crippen LogP contribution in [0.25, 0.3) is 6.08 Å². The smallest absolute Gasteiger partial charge is 0.266 e. The maximum absolute atomic E-state index is 12.5. The van der Waals surface area contributed by atoms with E-state index in [2.05, 4.69) is 4.99 Å². The number of thioether (sulfide) groups is 1. The Labute approximate surface area is 147 Å². The SMILES string of the molecule is CCN=C1S/C(=C\c2ccc(OCC)c(OCC)c2)C(=O)N1CC. The van der Waals surface area contributed by atoms with Gasteiger partial charge in [0.25, 0.3) is 5.91 Å². The van der Waals surface area contributed by atoms with E-state index in [0.29, 0.717) is 37.0 Å². The van der Waals surface area contributed by atoms with Crippen LogP contribution in [-0.4, -0.2) is 42.3 Å². The first-order valence-corrected chi connectivity index (χ1v) is 9.11. The van der Waals surface area contributed by atoms with Crippen molar-refractivity contribution in [2.75, 3.05) is 26.3 Å². The number of hydrogen-bond acceptors (Lipinski definition) is 5. The average molecular weight is 348 g/mol. The summed E-state index contributed by atoms with van der Waals surface area (Å²) < 4.78 is 11.2. The third kappa shape index (κ3) is 4.12. The minimum Gasteiger partial charge on any atom is -0.490 e. The first-order chi connectivity index (χ1) is 11.6. The van der Waals surface area contributed by atoms with Crippen molar-refractivity contribution in [2.45, 2.75) is 27.7 Å². The Hall–Kier alpha value is -1.95. The fraction of sp³-hybridized carbons (Fsp3) is 0.444. The molecule has 5 nitrogen and oxygen atoms in total. The predicted octanol–water partition coefficient (Wildman–Crippen LogP) is 3.80. The first-order valence-electron chi connectivity index (χ1n) is 8.30. The molecule has 1 aliphatic heterocycles. The van der Waals surface area contributed by atoms with Gasteiger partial charge >= 0.3 is 0 Å². The number of benzene rings is 1. The number of hydrogen-bond donors (Lipinski definition) is 0. The number of amides is 1. The monoisotopic (exact) mass is 348 g/mol. The molecule has 1 amide bonds. The predicted molar refractivity (Wildman–Crippen MR) is 99.7 cm³/mol. The molecule has 0 bridgehead atoms. The number of aliphatic imine (C=N–C) groups is 1. The quantitative estimate of drug-likeness (QED) is 0.703. The van der Waals surface area contributed by atoms with E-state index in [1.54, 1.807) is 4.90 Å². The molecule has 130 valence electrons. The maximum Gasteiger partial charge on any atom is 0.266 e. The number of carbonyl (C=O) groups is 1. The molecule has 1 heterocycles. The van der Waals surface area contributed by atoms with Crippen molar-refractivity contribution in [2.24, 2.45) is 4.99 Å². The highest BCUT2D eigenvalue weighted by atomic mass is 32.2. The van der Waals surface area contributed by atoms with E-state index >= 15 is 0 Å². The van der Waals surface area contributed by atoms with E-state index in [1.165, 1.54) is 11.8 Å². The normalized spacial score (nSPS) is 17.8. The standard InChI is InChI=1S/C18H24N2O3S/c1-5-19-18-20(6-2)17(21)16(24-18)12-13-9-10-14(22-7-3)15(11-13)23-8-4/h9-12H,5-8H2,1-4H3/b16-12-,19-18?. The van der Waals surface area contributed by atoms with Crippen LogP contribution >= 0.6 is 11.8 Å². The van der Waals surface area contributed by atoms with Gasteiger partial charge in [0.1, 0.15) is 0 Å². The van der Waals surface area contributed by atoms with Gasteiger partial charge in [0.2, 0.25) is 0 Å². The second-order valence-electron chi connectivity index (χ2n) is 4.99. The van der Waals surface area contributed by atoms with Gasteiger partial charge < -0.3 is 9.47 Å². The van der Waals surface area contributed by atoms with Crippen molar-refractivity contribution in [3.8, 4) is 11.5 Å². The molecule has 1 aromatic rings. The maximum atomic E-state index is 12.5. The van der Waals surface area contributed by atoms with Crippen molar-refractivity contribution in [3.05, 3.63) is 28.7 Å². The fourth-order valence-electron chi connectivity index (χ4n) is 2.35. The Morgan fingerprint density at radius 3 is 2.46 bits per heavy atom. The summed E-state index contributed by atoms with van der Waals surface area (Å²) in [5, 5.41) is 0.771. The topological polar surface area (TPSA) is 51.1 Å². The Balaban J connectivity index is 2.32. The lowest BCUT2D eigenvalue weighted by Gasteiger charge is -2.12. The van der Waals surface area contributed by atoms with Crippen LogP contribution in [0, 0.1) is 0 Å². The van der Waals surface area contributed by atoms with Crippen molar-refractivity contribution < 1.29 is 14.3 Å². The highest BCUT2D eigenvalue weighted by Gasteiger charge is 2.31. The van der Waals surface area contributed by atoms with Crippen LogP contribution in [0.15, 0.2) is 28.1 Å². The summed E-state index contributed by atoms with van der Waals surface area (Å²) in [6.45, 7) is 10.2. The molecule has 1 fully saturated rings. The van der Waals surface area contributed by atoms with Crippen molar-refractivity contribution in [3.63, 3.8) is 0 Å². The molecule has 2 rings (SSSR count). The number of nitrogens with zero attached hydrogens (tertiary/aromatic N) is 2. The summed E-state index contributed by atoms with van der Waals surface area (Å²) in [5.74, 6) is 1.41. The average Bonchev–Trinajstić information content (AvgIpc) is 2.86. The first kappa shape index (κ1) is 18.4. The third-order valence-corrected chi connectivity index (χ3v) is 4.41. The molecule has 0 saturated carbocycles. The molecule has 0 unspecified atom stereocenters. The minimum absolute atomic E-state index is 0.00143. The van der Waals surface area contributed by atoms with Gasteiger partial charge in [-0.2, -0.15) is 0 Å². The van der Waals surface area contributed by atoms with Crippen LogP contribution in [-0.2, 0) is 4.79 Å². The minimum atomic E-state index is 0.00143. The molecule has 0 aromatic heterocycles. The number of ether oxygens (including phenoxy) is 2. The molecule has 0 atom stereocenters. The summed E-state index contributed by atoms with van der Waals surface area (Å²) in [5.41, 5.74) is 0.909. The zero-order valence-electron chi connectivity index (χ0n) is 14.7. The molecule has 0 aliphatic carbocycles. The van der Waals surface area contributed by atoms with Crippen LogP contribution in [0.3, 0.4) is 0 Å². The van der Waals surface area contributed by atoms with E-state index in [1.807, 2.05) is 52.0 Å². The van der Waals surface area contributed by atoms with Gasteiger partial charge in [-0.05, 0) is 63.2 Å². The van der Waals surface area contributed by atoms with E-state index in [-0.39, 0.29) is 5.91 Å². The summed E-state index contributed by atoms with van der Waals surface area (Å²) in [6, 6.07) is 5.71. The van der Waals surface area contributed by atoms with Crippen LogP contribution < -0.4 is 9.47 Å². The Bertz CT molecular complexity index is 656. The third-order valence-electron chi connectivity index (χ3n) is 3.36.